The van der Waals surface area contributed by atoms with Crippen LogP contribution in [0.15, 0.2) is 48.8 Å². The van der Waals surface area contributed by atoms with Gasteiger partial charge in [0.1, 0.15) is 0 Å². The number of likely N-dealkylation sites (tertiary alicyclic amines) is 2. The van der Waals surface area contributed by atoms with E-state index in [0.717, 1.165) is 29.5 Å². The van der Waals surface area contributed by atoms with Crippen LogP contribution >= 0.6 is 0 Å². The van der Waals surface area contributed by atoms with Crippen molar-refractivity contribution in [3.63, 3.8) is 0 Å². The average molecular weight is 450 g/mol. The van der Waals surface area contributed by atoms with E-state index in [1.807, 2.05) is 36.1 Å². The monoisotopic (exact) mass is 449 g/mol. The van der Waals surface area contributed by atoms with Gasteiger partial charge < -0.3 is 9.64 Å². The largest absolute Gasteiger partial charge is 0.384 e. The molecule has 1 aromatic heterocycles. The standard InChI is InChI=1S/C26H31N3O4/c1-19-5-3-4-6-22(19)26(15-23(30)28-13-9-21(10-14-28)18-33-2)16-24(31)29(25(26)32)17-20-7-11-27-12-8-20/h3-8,11-12,21H,9-10,13-18H2,1-2H3. The first-order valence-electron chi connectivity index (χ1n) is 11.5. The Balaban J connectivity index is 1.61. The molecule has 3 heterocycles. The molecule has 2 fully saturated rings. The molecule has 1 aromatic carbocycles. The minimum atomic E-state index is -1.17. The summed E-state index contributed by atoms with van der Waals surface area (Å²) >= 11 is 0. The summed E-state index contributed by atoms with van der Waals surface area (Å²) in [4.78, 5) is 47.6. The van der Waals surface area contributed by atoms with E-state index < -0.39 is 5.41 Å². The van der Waals surface area contributed by atoms with E-state index in [9.17, 15) is 14.4 Å². The first-order valence-corrected chi connectivity index (χ1v) is 11.5. The highest BCUT2D eigenvalue weighted by molar-refractivity contribution is 6.10. The van der Waals surface area contributed by atoms with Crippen LogP contribution < -0.4 is 0 Å². The minimum Gasteiger partial charge on any atom is -0.384 e. The average Bonchev–Trinajstić information content (AvgIpc) is 3.05. The summed E-state index contributed by atoms with van der Waals surface area (Å²) in [7, 11) is 1.70. The van der Waals surface area contributed by atoms with Gasteiger partial charge in [-0.1, -0.05) is 24.3 Å². The topological polar surface area (TPSA) is 79.8 Å². The molecule has 33 heavy (non-hydrogen) atoms. The Morgan fingerprint density at radius 3 is 2.48 bits per heavy atom. The van der Waals surface area contributed by atoms with Gasteiger partial charge in [-0.3, -0.25) is 24.3 Å². The lowest BCUT2D eigenvalue weighted by atomic mass is 9.73. The van der Waals surface area contributed by atoms with Gasteiger partial charge in [0, 0.05) is 52.0 Å². The van der Waals surface area contributed by atoms with Gasteiger partial charge in [-0.2, -0.15) is 0 Å². The third-order valence-electron chi connectivity index (χ3n) is 6.98. The van der Waals surface area contributed by atoms with Crippen molar-refractivity contribution >= 4 is 17.7 Å². The zero-order valence-corrected chi connectivity index (χ0v) is 19.3. The molecule has 174 valence electrons. The second-order valence-electron chi connectivity index (χ2n) is 9.17. The number of ether oxygens (including phenoxy) is 1. The van der Waals surface area contributed by atoms with Crippen molar-refractivity contribution in [2.24, 2.45) is 5.92 Å². The number of amides is 3. The molecule has 0 bridgehead atoms. The molecule has 2 aromatic rings. The van der Waals surface area contributed by atoms with Crippen molar-refractivity contribution in [1.82, 2.24) is 14.8 Å². The first-order chi connectivity index (χ1) is 15.9. The minimum absolute atomic E-state index is 0.00418. The Morgan fingerprint density at radius 2 is 1.82 bits per heavy atom. The number of benzene rings is 1. The summed E-state index contributed by atoms with van der Waals surface area (Å²) in [6.45, 7) is 4.12. The summed E-state index contributed by atoms with van der Waals surface area (Å²) in [5.41, 5.74) is 1.34. The highest BCUT2D eigenvalue weighted by Gasteiger charge is 2.54. The number of aryl methyl sites for hydroxylation is 1. The zero-order valence-electron chi connectivity index (χ0n) is 19.3. The first kappa shape index (κ1) is 23.1. The number of hydrogen-bond acceptors (Lipinski definition) is 5. The van der Waals surface area contributed by atoms with Crippen LogP contribution in [0.5, 0.6) is 0 Å². The number of hydrogen-bond donors (Lipinski definition) is 0. The van der Waals surface area contributed by atoms with Gasteiger partial charge in [-0.05, 0) is 54.5 Å². The molecule has 0 N–H and O–H groups in total. The zero-order chi connectivity index (χ0) is 23.4. The summed E-state index contributed by atoms with van der Waals surface area (Å²) < 4.78 is 5.26. The molecule has 2 saturated heterocycles. The van der Waals surface area contributed by atoms with E-state index >= 15 is 0 Å². The fourth-order valence-corrected chi connectivity index (χ4v) is 5.14. The number of methoxy groups -OCH3 is 1. The van der Waals surface area contributed by atoms with Gasteiger partial charge in [0.25, 0.3) is 0 Å². The Morgan fingerprint density at radius 1 is 1.12 bits per heavy atom. The highest BCUT2D eigenvalue weighted by atomic mass is 16.5. The van der Waals surface area contributed by atoms with Gasteiger partial charge in [0.2, 0.25) is 17.7 Å². The summed E-state index contributed by atoms with van der Waals surface area (Å²) in [6.07, 6.45) is 5.07. The van der Waals surface area contributed by atoms with Crippen LogP contribution in [0.25, 0.3) is 0 Å². The Labute approximate surface area is 194 Å². The van der Waals surface area contributed by atoms with Crippen molar-refractivity contribution in [3.05, 3.63) is 65.5 Å². The van der Waals surface area contributed by atoms with Gasteiger partial charge in [-0.15, -0.1) is 0 Å². The van der Waals surface area contributed by atoms with Crippen molar-refractivity contribution < 1.29 is 19.1 Å². The number of piperidine rings is 1. The van der Waals surface area contributed by atoms with Crippen LogP contribution in [0.1, 0.15) is 42.4 Å². The number of pyridine rings is 1. The van der Waals surface area contributed by atoms with Crippen molar-refractivity contribution in [3.8, 4) is 0 Å². The molecule has 1 unspecified atom stereocenters. The quantitative estimate of drug-likeness (QED) is 0.608. The Hall–Kier alpha value is -3.06. The van der Waals surface area contributed by atoms with E-state index in [4.69, 9.17) is 4.74 Å². The van der Waals surface area contributed by atoms with E-state index in [-0.39, 0.29) is 37.1 Å². The Bertz CT molecular complexity index is 1020. The van der Waals surface area contributed by atoms with Crippen LogP contribution in [0.3, 0.4) is 0 Å². The van der Waals surface area contributed by atoms with Crippen molar-refractivity contribution in [1.29, 1.82) is 0 Å². The Kier molecular flexibility index (Phi) is 6.88. The molecule has 0 saturated carbocycles. The van der Waals surface area contributed by atoms with Crippen LogP contribution in [0.4, 0.5) is 0 Å². The number of aromatic nitrogens is 1. The molecule has 0 radical (unpaired) electrons. The van der Waals surface area contributed by atoms with Gasteiger partial charge in [0.15, 0.2) is 0 Å². The smallest absolute Gasteiger partial charge is 0.241 e. The molecule has 0 spiro atoms. The number of nitrogens with zero attached hydrogens (tertiary/aromatic N) is 3. The molecular formula is C26H31N3O4. The highest BCUT2D eigenvalue weighted by Crippen LogP contribution is 2.42. The van der Waals surface area contributed by atoms with Gasteiger partial charge >= 0.3 is 0 Å². The van der Waals surface area contributed by atoms with Crippen LogP contribution in [-0.4, -0.2) is 59.3 Å². The molecule has 7 heteroatoms. The van der Waals surface area contributed by atoms with Crippen LogP contribution in [-0.2, 0) is 31.1 Å². The number of imide groups is 1. The second kappa shape index (κ2) is 9.83. The third-order valence-corrected chi connectivity index (χ3v) is 6.98. The maximum absolute atomic E-state index is 13.9. The molecule has 2 aliphatic heterocycles. The molecule has 2 aliphatic rings. The molecule has 1 atom stereocenters. The van der Waals surface area contributed by atoms with E-state index in [0.29, 0.717) is 25.6 Å². The van der Waals surface area contributed by atoms with Gasteiger partial charge in [-0.25, -0.2) is 0 Å². The molecule has 7 nitrogen and oxygen atoms in total. The lowest BCUT2D eigenvalue weighted by Crippen LogP contribution is -2.46. The second-order valence-corrected chi connectivity index (χ2v) is 9.17. The number of carbonyl (C=O) groups is 3. The SMILES string of the molecule is COCC1CCN(C(=O)CC2(c3ccccc3C)CC(=O)N(Cc3ccncc3)C2=O)CC1. The summed E-state index contributed by atoms with van der Waals surface area (Å²) in [5.74, 6) is -0.149. The molecule has 0 aliphatic carbocycles. The summed E-state index contributed by atoms with van der Waals surface area (Å²) in [5, 5.41) is 0. The lowest BCUT2D eigenvalue weighted by Gasteiger charge is -2.35. The molecular weight excluding hydrogens is 418 g/mol. The number of carbonyl (C=O) groups excluding carboxylic acids is 3. The number of rotatable bonds is 7. The maximum Gasteiger partial charge on any atom is 0.241 e. The van der Waals surface area contributed by atoms with E-state index in [1.165, 1.54) is 4.90 Å². The normalized spacial score (nSPS) is 21.6. The summed E-state index contributed by atoms with van der Waals surface area (Å²) in [6, 6.07) is 11.2. The fraction of sp³-hybridized carbons (Fsp3) is 0.462. The van der Waals surface area contributed by atoms with Crippen molar-refractivity contribution in [2.75, 3.05) is 26.8 Å². The third kappa shape index (κ3) is 4.69. The van der Waals surface area contributed by atoms with E-state index in [1.54, 1.807) is 31.6 Å². The van der Waals surface area contributed by atoms with Crippen molar-refractivity contribution in [2.45, 2.75) is 44.6 Å². The molecule has 3 amide bonds. The van der Waals surface area contributed by atoms with Crippen LogP contribution in [0, 0.1) is 12.8 Å². The lowest BCUT2D eigenvalue weighted by molar-refractivity contribution is -0.143. The van der Waals surface area contributed by atoms with Gasteiger partial charge in [0.05, 0.1) is 12.0 Å². The van der Waals surface area contributed by atoms with E-state index in [2.05, 4.69) is 4.98 Å². The molecule has 4 rings (SSSR count). The fourth-order valence-electron chi connectivity index (χ4n) is 5.14. The predicted octanol–water partition coefficient (Wildman–Crippen LogP) is 2.86. The van der Waals surface area contributed by atoms with Crippen LogP contribution in [0.2, 0.25) is 0 Å². The maximum atomic E-state index is 13.9. The predicted molar refractivity (Wildman–Crippen MR) is 123 cm³/mol.